The Morgan fingerprint density at radius 1 is 1.33 bits per heavy atom. The van der Waals surface area contributed by atoms with Gasteiger partial charge in [-0.2, -0.15) is 0 Å². The summed E-state index contributed by atoms with van der Waals surface area (Å²) < 4.78 is 8.23. The van der Waals surface area contributed by atoms with E-state index in [0.717, 1.165) is 12.5 Å². The minimum Gasteiger partial charge on any atom is -1.00 e. The third-order valence-corrected chi connectivity index (χ3v) is 0.359. The second kappa shape index (κ2) is 7.35. The van der Waals surface area contributed by atoms with E-state index in [2.05, 4.69) is 22.6 Å². The molecule has 0 radical (unpaired) electrons. The maximum Gasteiger partial charge on any atom is 1.00 e. The second-order valence-electron chi connectivity index (χ2n) is 0.819. The molecule has 0 aromatic rings. The van der Waals surface area contributed by atoms with Crippen LogP contribution in [-0.2, 0) is 9.47 Å². The smallest absolute Gasteiger partial charge is 1.00 e. The number of carbonyl (C=O) groups is 1. The molecular formula is C5H7LiO3. The van der Waals surface area contributed by atoms with E-state index in [1.54, 1.807) is 0 Å². The van der Waals surface area contributed by atoms with Crippen LogP contribution in [0.3, 0.4) is 0 Å². The molecule has 0 aromatic carbocycles. The maximum atomic E-state index is 10.1. The second-order valence-corrected chi connectivity index (χ2v) is 0.819. The van der Waals surface area contributed by atoms with Crippen molar-refractivity contribution < 1.29 is 34.6 Å². The molecule has 0 amide bonds. The standard InChI is InChI=1S/C5H6O3.Li.H/c1-3-7-5(6)8-4-2;;/h3-4H,1-2H2;;/q;+1;-1. The summed E-state index contributed by atoms with van der Waals surface area (Å²) in [6, 6.07) is 0. The fourth-order valence-electron chi connectivity index (χ4n) is 0.164. The van der Waals surface area contributed by atoms with Gasteiger partial charge in [-0.05, 0) is 0 Å². The molecule has 0 spiro atoms. The molecule has 0 fully saturated rings. The van der Waals surface area contributed by atoms with Crippen LogP contribution in [0.5, 0.6) is 0 Å². The molecule has 3 nitrogen and oxygen atoms in total. The Labute approximate surface area is 67.0 Å². The Kier molecular flexibility index (Phi) is 9.13. The summed E-state index contributed by atoms with van der Waals surface area (Å²) in [5.41, 5.74) is 0. The molecule has 0 rings (SSSR count). The van der Waals surface area contributed by atoms with E-state index in [-0.39, 0.29) is 20.3 Å². The first-order valence-corrected chi connectivity index (χ1v) is 1.90. The molecule has 0 atom stereocenters. The number of hydrogen-bond donors (Lipinski definition) is 0. The summed E-state index contributed by atoms with van der Waals surface area (Å²) in [6.07, 6.45) is 1.13. The molecule has 46 valence electrons. The van der Waals surface area contributed by atoms with Crippen molar-refractivity contribution >= 4 is 6.16 Å². The fourth-order valence-corrected chi connectivity index (χ4v) is 0.164. The molecule has 0 heterocycles. The van der Waals surface area contributed by atoms with Crippen LogP contribution < -0.4 is 18.9 Å². The third-order valence-electron chi connectivity index (χ3n) is 0.359. The monoisotopic (exact) mass is 122 g/mol. The molecule has 0 N–H and O–H groups in total. The van der Waals surface area contributed by atoms with Gasteiger partial charge >= 0.3 is 25.0 Å². The van der Waals surface area contributed by atoms with Crippen molar-refractivity contribution in [2.45, 2.75) is 0 Å². The molecule has 0 unspecified atom stereocenters. The minimum absolute atomic E-state index is 0. The van der Waals surface area contributed by atoms with Gasteiger partial charge in [0.2, 0.25) is 0 Å². The first-order chi connectivity index (χ1) is 3.81. The molecule has 0 aliphatic heterocycles. The largest absolute Gasteiger partial charge is 1.00 e. The summed E-state index contributed by atoms with van der Waals surface area (Å²) in [7, 11) is 0. The van der Waals surface area contributed by atoms with Crippen molar-refractivity contribution in [3.05, 3.63) is 25.7 Å². The summed E-state index contributed by atoms with van der Waals surface area (Å²) in [4.78, 5) is 10.1. The normalized spacial score (nSPS) is 6.22. The van der Waals surface area contributed by atoms with E-state index < -0.39 is 6.16 Å². The Morgan fingerprint density at radius 2 is 1.67 bits per heavy atom. The van der Waals surface area contributed by atoms with E-state index in [9.17, 15) is 4.79 Å². The van der Waals surface area contributed by atoms with Gasteiger partial charge in [-0.3, -0.25) is 0 Å². The van der Waals surface area contributed by atoms with Crippen LogP contribution in [0.2, 0.25) is 0 Å². The summed E-state index contributed by atoms with van der Waals surface area (Å²) in [6.45, 7) is 6.25. The van der Waals surface area contributed by atoms with Crippen LogP contribution in [0, 0.1) is 0 Å². The molecule has 0 saturated heterocycles. The van der Waals surface area contributed by atoms with Crippen molar-refractivity contribution in [2.75, 3.05) is 0 Å². The molecular weight excluding hydrogens is 115 g/mol. The Bertz CT molecular complexity index is 103. The van der Waals surface area contributed by atoms with E-state index in [4.69, 9.17) is 0 Å². The summed E-state index contributed by atoms with van der Waals surface area (Å²) in [5, 5.41) is 0. The Hall–Kier alpha value is -0.653. The first-order valence-electron chi connectivity index (χ1n) is 1.90. The van der Waals surface area contributed by atoms with Crippen molar-refractivity contribution in [2.24, 2.45) is 0 Å². The number of ether oxygens (including phenoxy) is 2. The van der Waals surface area contributed by atoms with Gasteiger partial charge in [0.15, 0.2) is 0 Å². The summed E-state index contributed by atoms with van der Waals surface area (Å²) in [5.74, 6) is 0. The molecule has 0 aromatic heterocycles. The SMILES string of the molecule is C=COC(=O)OC=C.[H-].[Li+]. The number of rotatable bonds is 2. The van der Waals surface area contributed by atoms with Crippen molar-refractivity contribution in [1.82, 2.24) is 0 Å². The first kappa shape index (κ1) is 11.2. The van der Waals surface area contributed by atoms with E-state index in [1.807, 2.05) is 0 Å². The summed E-state index contributed by atoms with van der Waals surface area (Å²) >= 11 is 0. The quantitative estimate of drug-likeness (QED) is 0.255. The zero-order valence-corrected chi connectivity index (χ0v) is 5.29. The average molecular weight is 122 g/mol. The van der Waals surface area contributed by atoms with Gasteiger partial charge < -0.3 is 10.9 Å². The van der Waals surface area contributed by atoms with Crippen LogP contribution in [0.15, 0.2) is 25.7 Å². The van der Waals surface area contributed by atoms with Crippen LogP contribution >= 0.6 is 0 Å². The van der Waals surface area contributed by atoms with Crippen molar-refractivity contribution in [1.29, 1.82) is 0 Å². The van der Waals surface area contributed by atoms with E-state index in [0.29, 0.717) is 0 Å². The van der Waals surface area contributed by atoms with Gasteiger partial charge in [0, 0.05) is 0 Å². The molecule has 0 aliphatic rings. The van der Waals surface area contributed by atoms with E-state index in [1.165, 1.54) is 0 Å². The van der Waals surface area contributed by atoms with Gasteiger partial charge in [-0.1, -0.05) is 13.2 Å². The Morgan fingerprint density at radius 3 is 1.89 bits per heavy atom. The topological polar surface area (TPSA) is 35.5 Å². The van der Waals surface area contributed by atoms with Crippen LogP contribution in [0.4, 0.5) is 4.79 Å². The predicted octanol–water partition coefficient (Wildman–Crippen LogP) is -1.46. The maximum absolute atomic E-state index is 10.1. The predicted molar refractivity (Wildman–Crippen MR) is 29.1 cm³/mol. The average Bonchev–Trinajstić information content (AvgIpc) is 1.68. The number of carbonyl (C=O) groups excluding carboxylic acids is 1. The Balaban J connectivity index is -0.000000245. The molecule has 9 heavy (non-hydrogen) atoms. The number of hydrogen-bond acceptors (Lipinski definition) is 3. The van der Waals surface area contributed by atoms with Crippen LogP contribution in [-0.4, -0.2) is 6.16 Å². The van der Waals surface area contributed by atoms with Crippen LogP contribution in [0.25, 0.3) is 0 Å². The van der Waals surface area contributed by atoms with Crippen LogP contribution in [0.1, 0.15) is 1.43 Å². The fraction of sp³-hybridized carbons (Fsp3) is 0. The van der Waals surface area contributed by atoms with Crippen molar-refractivity contribution in [3.8, 4) is 0 Å². The zero-order valence-electron chi connectivity index (χ0n) is 6.29. The molecule has 0 aliphatic carbocycles. The van der Waals surface area contributed by atoms with Crippen molar-refractivity contribution in [3.63, 3.8) is 0 Å². The molecule has 0 saturated carbocycles. The van der Waals surface area contributed by atoms with Gasteiger partial charge in [0.25, 0.3) is 0 Å². The minimum atomic E-state index is -0.824. The zero-order chi connectivity index (χ0) is 6.41. The van der Waals surface area contributed by atoms with Gasteiger partial charge in [-0.25, -0.2) is 4.79 Å². The molecule has 0 bridgehead atoms. The third kappa shape index (κ3) is 7.35. The van der Waals surface area contributed by atoms with Gasteiger partial charge in [-0.15, -0.1) is 0 Å². The van der Waals surface area contributed by atoms with Gasteiger partial charge in [0.1, 0.15) is 0 Å². The molecule has 4 heteroatoms. The van der Waals surface area contributed by atoms with Gasteiger partial charge in [0.05, 0.1) is 12.5 Å². The van der Waals surface area contributed by atoms with E-state index >= 15 is 0 Å².